The van der Waals surface area contributed by atoms with Crippen LogP contribution in [0, 0.1) is 11.6 Å². The van der Waals surface area contributed by atoms with Gasteiger partial charge in [0.05, 0.1) is 5.41 Å². The van der Waals surface area contributed by atoms with E-state index < -0.39 is 5.41 Å². The maximum atomic E-state index is 11.3. The minimum Gasteiger partial charge on any atom is -0.455 e. The summed E-state index contributed by atoms with van der Waals surface area (Å²) in [6, 6.07) is 0. The first-order chi connectivity index (χ1) is 6.00. The van der Waals surface area contributed by atoms with Gasteiger partial charge < -0.3 is 9.15 Å². The standard InChI is InChI=1S/C9H12NO3/c1-9(2,3)8(11)13-6-7-10-4-5-12-7/h5H,6H2,1-3H3. The monoisotopic (exact) mass is 182 g/mol. The highest BCUT2D eigenvalue weighted by molar-refractivity contribution is 5.75. The van der Waals surface area contributed by atoms with Crippen LogP contribution in [-0.4, -0.2) is 11.0 Å². The van der Waals surface area contributed by atoms with Crippen LogP contribution < -0.4 is 0 Å². The quantitative estimate of drug-likeness (QED) is 0.651. The summed E-state index contributed by atoms with van der Waals surface area (Å²) in [6.45, 7) is 5.44. The summed E-state index contributed by atoms with van der Waals surface area (Å²) in [5.41, 5.74) is -0.490. The van der Waals surface area contributed by atoms with Gasteiger partial charge in [-0.25, -0.2) is 4.98 Å². The van der Waals surface area contributed by atoms with Crippen molar-refractivity contribution in [2.24, 2.45) is 5.41 Å². The minimum atomic E-state index is -0.490. The van der Waals surface area contributed by atoms with Crippen molar-refractivity contribution in [2.75, 3.05) is 0 Å². The Labute approximate surface area is 76.9 Å². The molecule has 0 unspecified atom stereocenters. The number of esters is 1. The second-order valence-electron chi connectivity index (χ2n) is 3.70. The molecule has 1 radical (unpaired) electrons. The molecule has 1 heterocycles. The van der Waals surface area contributed by atoms with Gasteiger partial charge in [0.2, 0.25) is 5.89 Å². The van der Waals surface area contributed by atoms with E-state index in [1.807, 2.05) is 0 Å². The van der Waals surface area contributed by atoms with E-state index in [1.54, 1.807) is 20.8 Å². The van der Waals surface area contributed by atoms with Crippen LogP contribution in [0.1, 0.15) is 26.7 Å². The first-order valence-corrected chi connectivity index (χ1v) is 3.98. The molecule has 13 heavy (non-hydrogen) atoms. The number of aromatic nitrogens is 1. The van der Waals surface area contributed by atoms with E-state index >= 15 is 0 Å². The zero-order valence-electron chi connectivity index (χ0n) is 7.96. The second kappa shape index (κ2) is 3.60. The number of ether oxygens (including phenoxy) is 1. The first kappa shape index (κ1) is 9.77. The number of carbonyl (C=O) groups is 1. The van der Waals surface area contributed by atoms with Gasteiger partial charge in [-0.15, -0.1) is 0 Å². The molecule has 0 aliphatic heterocycles. The Kier molecular flexibility index (Phi) is 2.70. The molecule has 0 fully saturated rings. The maximum absolute atomic E-state index is 11.3. The Morgan fingerprint density at radius 3 is 2.85 bits per heavy atom. The molecule has 71 valence electrons. The van der Waals surface area contributed by atoms with E-state index in [4.69, 9.17) is 9.15 Å². The van der Waals surface area contributed by atoms with E-state index in [0.29, 0.717) is 5.89 Å². The topological polar surface area (TPSA) is 52.3 Å². The Balaban J connectivity index is 2.40. The van der Waals surface area contributed by atoms with Crippen molar-refractivity contribution in [3.8, 4) is 0 Å². The molecule has 0 aliphatic rings. The molecule has 0 spiro atoms. The summed E-state index contributed by atoms with van der Waals surface area (Å²) in [6.07, 6.45) is 3.80. The lowest BCUT2D eigenvalue weighted by Crippen LogP contribution is -2.22. The number of hydrogen-bond acceptors (Lipinski definition) is 4. The Hall–Kier alpha value is -1.32. The summed E-state index contributed by atoms with van der Waals surface area (Å²) in [5.74, 6) is 0.0864. The highest BCUT2D eigenvalue weighted by Crippen LogP contribution is 2.15. The van der Waals surface area contributed by atoms with Crippen LogP contribution in [0.4, 0.5) is 0 Å². The van der Waals surface area contributed by atoms with Gasteiger partial charge in [-0.1, -0.05) is 0 Å². The molecule has 0 saturated carbocycles. The van der Waals surface area contributed by atoms with Crippen LogP contribution in [0.25, 0.3) is 0 Å². The van der Waals surface area contributed by atoms with Crippen molar-refractivity contribution in [2.45, 2.75) is 27.4 Å². The fourth-order valence-corrected chi connectivity index (χ4v) is 0.629. The lowest BCUT2D eigenvalue weighted by Gasteiger charge is -2.15. The van der Waals surface area contributed by atoms with Gasteiger partial charge in [0.1, 0.15) is 12.5 Å². The average Bonchev–Trinajstić information content (AvgIpc) is 2.50. The molecular formula is C9H12NO3. The molecular weight excluding hydrogens is 170 g/mol. The van der Waals surface area contributed by atoms with Crippen LogP contribution in [-0.2, 0) is 16.1 Å². The SMILES string of the molecule is CC(C)(C)C(=O)OCc1n[c]co1. The molecule has 1 rings (SSSR count). The molecule has 0 aromatic carbocycles. The fourth-order valence-electron chi connectivity index (χ4n) is 0.629. The smallest absolute Gasteiger partial charge is 0.311 e. The third-order valence-corrected chi connectivity index (χ3v) is 1.38. The zero-order valence-corrected chi connectivity index (χ0v) is 7.96. The number of oxazole rings is 1. The van der Waals surface area contributed by atoms with Gasteiger partial charge in [0.25, 0.3) is 0 Å². The van der Waals surface area contributed by atoms with E-state index in [1.165, 1.54) is 6.26 Å². The third-order valence-electron chi connectivity index (χ3n) is 1.38. The molecule has 4 nitrogen and oxygen atoms in total. The van der Waals surface area contributed by atoms with Gasteiger partial charge >= 0.3 is 5.97 Å². The van der Waals surface area contributed by atoms with Gasteiger partial charge in [0.15, 0.2) is 6.61 Å². The average molecular weight is 182 g/mol. The number of rotatable bonds is 2. The highest BCUT2D eigenvalue weighted by atomic mass is 16.5. The number of hydrogen-bond donors (Lipinski definition) is 0. The second-order valence-corrected chi connectivity index (χ2v) is 3.70. The van der Waals surface area contributed by atoms with Gasteiger partial charge in [-0.2, -0.15) is 0 Å². The van der Waals surface area contributed by atoms with Crippen molar-refractivity contribution in [3.63, 3.8) is 0 Å². The minimum absolute atomic E-state index is 0.0691. The maximum Gasteiger partial charge on any atom is 0.311 e. The molecule has 0 atom stereocenters. The van der Waals surface area contributed by atoms with E-state index in [2.05, 4.69) is 11.2 Å². The van der Waals surface area contributed by atoms with Crippen molar-refractivity contribution in [1.29, 1.82) is 0 Å². The van der Waals surface area contributed by atoms with Crippen LogP contribution in [0.3, 0.4) is 0 Å². The zero-order chi connectivity index (χ0) is 9.90. The van der Waals surface area contributed by atoms with E-state index in [9.17, 15) is 4.79 Å². The Morgan fingerprint density at radius 2 is 2.38 bits per heavy atom. The van der Waals surface area contributed by atoms with Crippen molar-refractivity contribution >= 4 is 5.97 Å². The predicted octanol–water partition coefficient (Wildman–Crippen LogP) is 1.56. The summed E-state index contributed by atoms with van der Waals surface area (Å²) < 4.78 is 9.79. The molecule has 0 aliphatic carbocycles. The molecule has 1 aromatic heterocycles. The van der Waals surface area contributed by atoms with Gasteiger partial charge in [-0.05, 0) is 20.8 Å². The van der Waals surface area contributed by atoms with Crippen LogP contribution in [0.2, 0.25) is 0 Å². The van der Waals surface area contributed by atoms with Gasteiger partial charge in [-0.3, -0.25) is 4.79 Å². The van der Waals surface area contributed by atoms with Gasteiger partial charge in [0, 0.05) is 0 Å². The molecule has 1 aromatic rings. The molecule has 0 saturated heterocycles. The van der Waals surface area contributed by atoms with E-state index in [0.717, 1.165) is 0 Å². The lowest BCUT2D eigenvalue weighted by atomic mass is 9.97. The van der Waals surface area contributed by atoms with E-state index in [-0.39, 0.29) is 12.6 Å². The van der Waals surface area contributed by atoms with Crippen LogP contribution in [0.15, 0.2) is 10.7 Å². The largest absolute Gasteiger partial charge is 0.455 e. The summed E-state index contributed by atoms with van der Waals surface area (Å²) in [4.78, 5) is 15.0. The number of carbonyl (C=O) groups excluding carboxylic acids is 1. The van der Waals surface area contributed by atoms with Crippen molar-refractivity contribution in [3.05, 3.63) is 18.4 Å². The summed E-state index contributed by atoms with van der Waals surface area (Å²) >= 11 is 0. The third kappa shape index (κ3) is 2.89. The Bertz CT molecular complexity index is 272. The fraction of sp³-hybridized carbons (Fsp3) is 0.556. The summed E-state index contributed by atoms with van der Waals surface area (Å²) in [7, 11) is 0. The predicted molar refractivity (Wildman–Crippen MR) is 44.6 cm³/mol. The van der Waals surface area contributed by atoms with Crippen molar-refractivity contribution < 1.29 is 13.9 Å². The van der Waals surface area contributed by atoms with Crippen molar-refractivity contribution in [1.82, 2.24) is 4.98 Å². The molecule has 0 bridgehead atoms. The normalized spacial score (nSPS) is 11.3. The Morgan fingerprint density at radius 1 is 1.69 bits per heavy atom. The lowest BCUT2D eigenvalue weighted by molar-refractivity contribution is -0.155. The molecule has 4 heteroatoms. The van der Waals surface area contributed by atoms with Crippen LogP contribution in [0.5, 0.6) is 0 Å². The first-order valence-electron chi connectivity index (χ1n) is 3.98. The number of nitrogens with zero attached hydrogens (tertiary/aromatic N) is 1. The summed E-state index contributed by atoms with van der Waals surface area (Å²) in [5, 5.41) is 0. The highest BCUT2D eigenvalue weighted by Gasteiger charge is 2.23. The molecule has 0 N–H and O–H groups in total. The van der Waals surface area contributed by atoms with Crippen LogP contribution >= 0.6 is 0 Å². The molecule has 0 amide bonds.